The molecular weight excluding hydrogens is 476 g/mol. The van der Waals surface area contributed by atoms with Gasteiger partial charge in [-0.15, -0.1) is 11.3 Å². The first-order chi connectivity index (χ1) is 17.7. The number of fused-ring (bicyclic) bond motifs is 1. The first kappa shape index (κ1) is 24.1. The molecule has 0 spiro atoms. The molecule has 0 unspecified atom stereocenters. The molecule has 9 heteroatoms. The maximum absolute atomic E-state index is 12.9. The van der Waals surface area contributed by atoms with Crippen LogP contribution in [0.25, 0.3) is 10.1 Å². The van der Waals surface area contributed by atoms with E-state index in [0.29, 0.717) is 41.8 Å². The molecule has 8 nitrogen and oxygen atoms in total. The number of carbonyl (C=O) groups is 1. The van der Waals surface area contributed by atoms with Crippen molar-refractivity contribution < 1.29 is 19.0 Å². The van der Waals surface area contributed by atoms with Crippen LogP contribution in [-0.4, -0.2) is 55.2 Å². The molecule has 2 aromatic heterocycles. The molecule has 1 saturated heterocycles. The van der Waals surface area contributed by atoms with Crippen molar-refractivity contribution in [2.24, 2.45) is 0 Å². The monoisotopic (exact) mass is 504 g/mol. The van der Waals surface area contributed by atoms with Crippen molar-refractivity contribution in [3.63, 3.8) is 0 Å². The third-order valence-corrected chi connectivity index (χ3v) is 6.95. The molecule has 0 saturated carbocycles. The van der Waals surface area contributed by atoms with Gasteiger partial charge in [-0.25, -0.2) is 4.98 Å². The number of amides is 1. The number of benzene rings is 2. The van der Waals surface area contributed by atoms with Gasteiger partial charge in [0.25, 0.3) is 5.91 Å². The number of pyridine rings is 1. The Labute approximate surface area is 213 Å². The predicted octanol–water partition coefficient (Wildman–Crippen LogP) is 4.42. The minimum atomic E-state index is -0.214. The Kier molecular flexibility index (Phi) is 7.61. The highest BCUT2D eigenvalue weighted by Crippen LogP contribution is 2.30. The topological polar surface area (TPSA) is 98.9 Å². The Bertz CT molecular complexity index is 1340. The van der Waals surface area contributed by atoms with E-state index in [1.54, 1.807) is 35.7 Å². The van der Waals surface area contributed by atoms with E-state index < -0.39 is 0 Å². The van der Waals surface area contributed by atoms with E-state index in [1.165, 1.54) is 0 Å². The third-order valence-electron chi connectivity index (χ3n) is 5.95. The van der Waals surface area contributed by atoms with Crippen molar-refractivity contribution in [3.8, 4) is 11.5 Å². The van der Waals surface area contributed by atoms with Crippen molar-refractivity contribution in [2.45, 2.75) is 6.61 Å². The average Bonchev–Trinajstić information content (AvgIpc) is 3.33. The number of hydrogen-bond acceptors (Lipinski definition) is 8. The van der Waals surface area contributed by atoms with Gasteiger partial charge in [0, 0.05) is 58.8 Å². The zero-order valence-electron chi connectivity index (χ0n) is 19.8. The second kappa shape index (κ2) is 11.4. The summed E-state index contributed by atoms with van der Waals surface area (Å²) in [6, 6.07) is 16.5. The number of anilines is 2. The summed E-state index contributed by atoms with van der Waals surface area (Å²) in [5.74, 6) is 1.61. The summed E-state index contributed by atoms with van der Waals surface area (Å²) in [6.07, 6.45) is 1.71. The number of nitrogens with one attached hydrogen (secondary N) is 1. The SMILES string of the molecule is Nc1nccc2scc(COc3cccc(NC(=O)c4cccc(OCCN5CCOCC5)c4)c3)c12. The van der Waals surface area contributed by atoms with Crippen LogP contribution >= 0.6 is 11.3 Å². The van der Waals surface area contributed by atoms with E-state index in [-0.39, 0.29) is 5.91 Å². The maximum atomic E-state index is 12.9. The molecule has 1 fully saturated rings. The summed E-state index contributed by atoms with van der Waals surface area (Å²) in [6.45, 7) is 5.12. The Hall–Kier alpha value is -3.66. The summed E-state index contributed by atoms with van der Waals surface area (Å²) >= 11 is 1.61. The molecule has 36 heavy (non-hydrogen) atoms. The maximum Gasteiger partial charge on any atom is 0.255 e. The van der Waals surface area contributed by atoms with E-state index >= 15 is 0 Å². The van der Waals surface area contributed by atoms with E-state index in [1.807, 2.05) is 41.8 Å². The van der Waals surface area contributed by atoms with Gasteiger partial charge < -0.3 is 25.3 Å². The van der Waals surface area contributed by atoms with Gasteiger partial charge in [0.2, 0.25) is 0 Å². The molecule has 0 atom stereocenters. The Balaban J connectivity index is 1.17. The Morgan fingerprint density at radius 2 is 1.89 bits per heavy atom. The van der Waals surface area contributed by atoms with Crippen LogP contribution in [0.3, 0.4) is 0 Å². The quantitative estimate of drug-likeness (QED) is 0.348. The number of carbonyl (C=O) groups excluding carboxylic acids is 1. The number of morpholine rings is 1. The summed E-state index contributed by atoms with van der Waals surface area (Å²) < 4.78 is 18.3. The number of hydrogen-bond donors (Lipinski definition) is 2. The summed E-state index contributed by atoms with van der Waals surface area (Å²) in [7, 11) is 0. The van der Waals surface area contributed by atoms with E-state index in [4.69, 9.17) is 19.9 Å². The Morgan fingerprint density at radius 3 is 2.75 bits per heavy atom. The molecule has 1 aliphatic heterocycles. The number of thiophene rings is 1. The van der Waals surface area contributed by atoms with Gasteiger partial charge in [0.05, 0.1) is 13.2 Å². The normalized spacial score (nSPS) is 14.0. The molecule has 1 aliphatic rings. The summed E-state index contributed by atoms with van der Waals surface area (Å²) in [5, 5.41) is 5.90. The molecule has 2 aromatic carbocycles. The lowest BCUT2D eigenvalue weighted by molar-refractivity contribution is 0.0322. The summed E-state index contributed by atoms with van der Waals surface area (Å²) in [4.78, 5) is 19.4. The molecule has 5 rings (SSSR count). The molecule has 3 N–H and O–H groups in total. The predicted molar refractivity (Wildman–Crippen MR) is 142 cm³/mol. The van der Waals surface area contributed by atoms with Gasteiger partial charge >= 0.3 is 0 Å². The fourth-order valence-electron chi connectivity index (χ4n) is 4.05. The van der Waals surface area contributed by atoms with E-state index in [0.717, 1.165) is 48.5 Å². The van der Waals surface area contributed by atoms with Gasteiger partial charge in [-0.2, -0.15) is 0 Å². The minimum absolute atomic E-state index is 0.214. The molecule has 0 radical (unpaired) electrons. The molecule has 186 valence electrons. The molecule has 1 amide bonds. The average molecular weight is 505 g/mol. The van der Waals surface area contributed by atoms with Crippen LogP contribution in [0.15, 0.2) is 66.2 Å². The lowest BCUT2D eigenvalue weighted by Crippen LogP contribution is -2.38. The minimum Gasteiger partial charge on any atom is -0.492 e. The highest BCUT2D eigenvalue weighted by Gasteiger charge is 2.12. The van der Waals surface area contributed by atoms with Gasteiger partial charge in [-0.05, 0) is 41.8 Å². The van der Waals surface area contributed by atoms with E-state index in [9.17, 15) is 4.79 Å². The molecule has 4 aromatic rings. The van der Waals surface area contributed by atoms with Gasteiger partial charge in [-0.1, -0.05) is 12.1 Å². The summed E-state index contributed by atoms with van der Waals surface area (Å²) in [5.41, 5.74) is 8.21. The second-order valence-electron chi connectivity index (χ2n) is 8.43. The fraction of sp³-hybridized carbons (Fsp3) is 0.259. The lowest BCUT2D eigenvalue weighted by Gasteiger charge is -2.26. The highest BCUT2D eigenvalue weighted by molar-refractivity contribution is 7.17. The van der Waals surface area contributed by atoms with Crippen LogP contribution in [0.1, 0.15) is 15.9 Å². The number of aromatic nitrogens is 1. The lowest BCUT2D eigenvalue weighted by atomic mass is 10.2. The zero-order chi connectivity index (χ0) is 24.7. The second-order valence-corrected chi connectivity index (χ2v) is 9.34. The number of nitrogens with two attached hydrogens (primary N) is 1. The third kappa shape index (κ3) is 5.93. The van der Waals surface area contributed by atoms with Crippen LogP contribution < -0.4 is 20.5 Å². The smallest absolute Gasteiger partial charge is 0.255 e. The zero-order valence-corrected chi connectivity index (χ0v) is 20.6. The fourth-order valence-corrected chi connectivity index (χ4v) is 5.00. The first-order valence-electron chi connectivity index (χ1n) is 11.8. The molecule has 0 bridgehead atoms. The van der Waals surface area contributed by atoms with Crippen LogP contribution in [0.4, 0.5) is 11.5 Å². The van der Waals surface area contributed by atoms with Crippen LogP contribution in [0.5, 0.6) is 11.5 Å². The van der Waals surface area contributed by atoms with Crippen LogP contribution in [0.2, 0.25) is 0 Å². The first-order valence-corrected chi connectivity index (χ1v) is 12.7. The Morgan fingerprint density at radius 1 is 1.08 bits per heavy atom. The molecule has 0 aliphatic carbocycles. The van der Waals surface area contributed by atoms with Crippen molar-refractivity contribution in [1.82, 2.24) is 9.88 Å². The molecule has 3 heterocycles. The van der Waals surface area contributed by atoms with Crippen LogP contribution in [-0.2, 0) is 11.3 Å². The molecular formula is C27H28N4O4S. The van der Waals surface area contributed by atoms with Crippen LogP contribution in [0, 0.1) is 0 Å². The highest BCUT2D eigenvalue weighted by atomic mass is 32.1. The van der Waals surface area contributed by atoms with Gasteiger partial charge in [0.15, 0.2) is 0 Å². The number of nitrogens with zero attached hydrogens (tertiary/aromatic N) is 2. The van der Waals surface area contributed by atoms with Crippen molar-refractivity contribution in [3.05, 3.63) is 77.3 Å². The number of nitrogen functional groups attached to an aromatic ring is 1. The number of rotatable bonds is 9. The van der Waals surface area contributed by atoms with Crippen molar-refractivity contribution >= 4 is 38.8 Å². The van der Waals surface area contributed by atoms with E-state index in [2.05, 4.69) is 15.2 Å². The van der Waals surface area contributed by atoms with Gasteiger partial charge in [0.1, 0.15) is 30.5 Å². The number of ether oxygens (including phenoxy) is 3. The standard InChI is InChI=1S/C27H28N4O4S/c28-26-25-20(18-36-24(25)7-8-29-26)17-35-23-6-2-4-21(16-23)30-27(32)19-3-1-5-22(15-19)34-14-11-31-9-12-33-13-10-31/h1-8,15-16,18H,9-14,17H2,(H2,28,29)(H,30,32). The van der Waals surface area contributed by atoms with Crippen molar-refractivity contribution in [1.29, 1.82) is 0 Å². The van der Waals surface area contributed by atoms with Crippen molar-refractivity contribution in [2.75, 3.05) is 50.5 Å². The largest absolute Gasteiger partial charge is 0.492 e. The van der Waals surface area contributed by atoms with Gasteiger partial charge in [-0.3, -0.25) is 9.69 Å².